The van der Waals surface area contributed by atoms with Crippen LogP contribution in [0.3, 0.4) is 0 Å². The largest absolute Gasteiger partial charge is 0.330 e. The van der Waals surface area contributed by atoms with Gasteiger partial charge in [0.1, 0.15) is 0 Å². The highest BCUT2D eigenvalue weighted by molar-refractivity contribution is 5.31. The molecule has 1 saturated carbocycles. The Bertz CT molecular complexity index is 379. The van der Waals surface area contributed by atoms with Gasteiger partial charge in [-0.1, -0.05) is 30.7 Å². The van der Waals surface area contributed by atoms with Crippen LogP contribution in [0.1, 0.15) is 36.5 Å². The maximum Gasteiger partial charge on any atom is -0.00173 e. The normalized spacial score (nSPS) is 19.5. The third kappa shape index (κ3) is 2.30. The summed E-state index contributed by atoms with van der Waals surface area (Å²) in [5, 5.41) is 0. The molecule has 0 bridgehead atoms. The molecule has 1 aliphatic rings. The second-order valence-corrected chi connectivity index (χ2v) is 5.74. The quantitative estimate of drug-likeness (QED) is 0.823. The molecule has 0 heterocycles. The van der Waals surface area contributed by atoms with Gasteiger partial charge in [-0.05, 0) is 62.1 Å². The summed E-state index contributed by atoms with van der Waals surface area (Å²) >= 11 is 0. The first kappa shape index (κ1) is 11.7. The number of rotatable bonds is 4. The molecule has 2 rings (SSSR count). The first-order valence-electron chi connectivity index (χ1n) is 6.31. The molecule has 1 aromatic rings. The summed E-state index contributed by atoms with van der Waals surface area (Å²) in [6.07, 6.45) is 3.89. The maximum absolute atomic E-state index is 5.98. The van der Waals surface area contributed by atoms with Gasteiger partial charge < -0.3 is 5.73 Å². The molecule has 0 saturated heterocycles. The SMILES string of the molecule is Cc1ccc(C)c(CC(C)(CN)C2CC2)c1. The van der Waals surface area contributed by atoms with E-state index in [-0.39, 0.29) is 0 Å². The smallest absolute Gasteiger partial charge is 0.00173 e. The molecule has 0 radical (unpaired) electrons. The lowest BCUT2D eigenvalue weighted by Gasteiger charge is -2.29. The fourth-order valence-corrected chi connectivity index (χ4v) is 2.59. The summed E-state index contributed by atoms with van der Waals surface area (Å²) in [5.74, 6) is 0.859. The molecule has 16 heavy (non-hydrogen) atoms. The number of nitrogens with two attached hydrogens (primary N) is 1. The van der Waals surface area contributed by atoms with Crippen molar-refractivity contribution >= 4 is 0 Å². The number of hydrogen-bond donors (Lipinski definition) is 1. The highest BCUT2D eigenvalue weighted by Crippen LogP contribution is 2.47. The first-order valence-corrected chi connectivity index (χ1v) is 6.31. The van der Waals surface area contributed by atoms with Crippen LogP contribution >= 0.6 is 0 Å². The van der Waals surface area contributed by atoms with Crippen molar-refractivity contribution in [2.75, 3.05) is 6.54 Å². The molecule has 0 aromatic heterocycles. The molecule has 1 heteroatoms. The summed E-state index contributed by atoms with van der Waals surface area (Å²) in [4.78, 5) is 0. The molecule has 0 aliphatic heterocycles. The molecule has 88 valence electrons. The Labute approximate surface area is 99.0 Å². The van der Waals surface area contributed by atoms with Gasteiger partial charge in [-0.2, -0.15) is 0 Å². The van der Waals surface area contributed by atoms with E-state index >= 15 is 0 Å². The van der Waals surface area contributed by atoms with Crippen LogP contribution in [-0.2, 0) is 6.42 Å². The zero-order valence-corrected chi connectivity index (χ0v) is 10.7. The molecule has 0 spiro atoms. The van der Waals surface area contributed by atoms with E-state index in [2.05, 4.69) is 39.0 Å². The zero-order valence-electron chi connectivity index (χ0n) is 10.7. The highest BCUT2D eigenvalue weighted by Gasteiger charge is 2.40. The molecule has 1 fully saturated rings. The van der Waals surface area contributed by atoms with E-state index in [9.17, 15) is 0 Å². The lowest BCUT2D eigenvalue weighted by Crippen LogP contribution is -2.32. The minimum Gasteiger partial charge on any atom is -0.330 e. The van der Waals surface area contributed by atoms with E-state index in [0.717, 1.165) is 18.9 Å². The Kier molecular flexibility index (Phi) is 3.07. The van der Waals surface area contributed by atoms with Crippen LogP contribution in [0.15, 0.2) is 18.2 Å². The fraction of sp³-hybridized carbons (Fsp3) is 0.600. The van der Waals surface area contributed by atoms with Crippen LogP contribution in [0.5, 0.6) is 0 Å². The van der Waals surface area contributed by atoms with Crippen LogP contribution in [0, 0.1) is 25.2 Å². The summed E-state index contributed by atoms with van der Waals surface area (Å²) in [6.45, 7) is 7.54. The molecule has 0 amide bonds. The Morgan fingerprint density at radius 1 is 1.31 bits per heavy atom. The van der Waals surface area contributed by atoms with Gasteiger partial charge in [0.2, 0.25) is 0 Å². The van der Waals surface area contributed by atoms with Crippen molar-refractivity contribution in [2.24, 2.45) is 17.1 Å². The highest BCUT2D eigenvalue weighted by atomic mass is 14.6. The molecule has 1 aliphatic carbocycles. The van der Waals surface area contributed by atoms with Crippen LogP contribution in [0.2, 0.25) is 0 Å². The van der Waals surface area contributed by atoms with Crippen molar-refractivity contribution in [3.05, 3.63) is 34.9 Å². The summed E-state index contributed by atoms with van der Waals surface area (Å²) < 4.78 is 0. The molecule has 1 atom stereocenters. The predicted octanol–water partition coefficient (Wildman–Crippen LogP) is 3.22. The predicted molar refractivity (Wildman–Crippen MR) is 69.5 cm³/mol. The minimum absolute atomic E-state index is 0.318. The first-order chi connectivity index (χ1) is 7.55. The van der Waals surface area contributed by atoms with Gasteiger partial charge in [-0.3, -0.25) is 0 Å². The van der Waals surface area contributed by atoms with E-state index in [4.69, 9.17) is 5.73 Å². The lowest BCUT2D eigenvalue weighted by molar-refractivity contribution is 0.281. The second kappa shape index (κ2) is 4.21. The Morgan fingerprint density at radius 2 is 2.00 bits per heavy atom. The second-order valence-electron chi connectivity index (χ2n) is 5.74. The van der Waals surface area contributed by atoms with Crippen LogP contribution < -0.4 is 5.73 Å². The van der Waals surface area contributed by atoms with Crippen molar-refractivity contribution in [2.45, 2.75) is 40.0 Å². The summed E-state index contributed by atoms with van der Waals surface area (Å²) in [5.41, 5.74) is 10.6. The Hall–Kier alpha value is -0.820. The maximum atomic E-state index is 5.98. The number of hydrogen-bond acceptors (Lipinski definition) is 1. The van der Waals surface area contributed by atoms with E-state index in [1.807, 2.05) is 0 Å². The molecular formula is C15H23N. The van der Waals surface area contributed by atoms with E-state index < -0.39 is 0 Å². The molecule has 1 aromatic carbocycles. The van der Waals surface area contributed by atoms with Gasteiger partial charge in [0, 0.05) is 0 Å². The average Bonchev–Trinajstić information content (AvgIpc) is 3.07. The summed E-state index contributed by atoms with van der Waals surface area (Å²) in [6, 6.07) is 6.75. The van der Waals surface area contributed by atoms with Crippen LogP contribution in [-0.4, -0.2) is 6.54 Å². The number of aryl methyl sites for hydroxylation is 2. The van der Waals surface area contributed by atoms with E-state index in [1.54, 1.807) is 0 Å². The van der Waals surface area contributed by atoms with Gasteiger partial charge in [-0.25, -0.2) is 0 Å². The van der Waals surface area contributed by atoms with Crippen molar-refractivity contribution in [3.8, 4) is 0 Å². The Balaban J connectivity index is 2.21. The van der Waals surface area contributed by atoms with Gasteiger partial charge >= 0.3 is 0 Å². The van der Waals surface area contributed by atoms with Crippen LogP contribution in [0.4, 0.5) is 0 Å². The summed E-state index contributed by atoms with van der Waals surface area (Å²) in [7, 11) is 0. The lowest BCUT2D eigenvalue weighted by atomic mass is 9.78. The van der Waals surface area contributed by atoms with Gasteiger partial charge in [0.25, 0.3) is 0 Å². The number of benzene rings is 1. The minimum atomic E-state index is 0.318. The van der Waals surface area contributed by atoms with E-state index in [1.165, 1.54) is 29.5 Å². The van der Waals surface area contributed by atoms with Crippen molar-refractivity contribution in [1.82, 2.24) is 0 Å². The van der Waals surface area contributed by atoms with Crippen LogP contribution in [0.25, 0.3) is 0 Å². The standard InChI is InChI=1S/C15H23N/c1-11-4-5-12(2)13(8-11)9-15(3,10-16)14-6-7-14/h4-5,8,14H,6-7,9-10,16H2,1-3H3. The fourth-order valence-electron chi connectivity index (χ4n) is 2.59. The Morgan fingerprint density at radius 3 is 2.56 bits per heavy atom. The zero-order chi connectivity index (χ0) is 11.8. The topological polar surface area (TPSA) is 26.0 Å². The van der Waals surface area contributed by atoms with Gasteiger partial charge in [-0.15, -0.1) is 0 Å². The average molecular weight is 217 g/mol. The van der Waals surface area contributed by atoms with Crippen molar-refractivity contribution in [3.63, 3.8) is 0 Å². The molecular weight excluding hydrogens is 194 g/mol. The van der Waals surface area contributed by atoms with Crippen molar-refractivity contribution in [1.29, 1.82) is 0 Å². The van der Waals surface area contributed by atoms with Gasteiger partial charge in [0.15, 0.2) is 0 Å². The molecule has 2 N–H and O–H groups in total. The van der Waals surface area contributed by atoms with Crippen molar-refractivity contribution < 1.29 is 0 Å². The molecule has 1 nitrogen and oxygen atoms in total. The molecule has 1 unspecified atom stereocenters. The van der Waals surface area contributed by atoms with E-state index in [0.29, 0.717) is 5.41 Å². The third-order valence-electron chi connectivity index (χ3n) is 4.13. The third-order valence-corrected chi connectivity index (χ3v) is 4.13. The van der Waals surface area contributed by atoms with Gasteiger partial charge in [0.05, 0.1) is 0 Å². The monoisotopic (exact) mass is 217 g/mol.